The number of rotatable bonds is 1. The number of benzene rings is 3. The van der Waals surface area contributed by atoms with E-state index in [0.29, 0.717) is 0 Å². The lowest BCUT2D eigenvalue weighted by Gasteiger charge is -2.17. The van der Waals surface area contributed by atoms with Crippen LogP contribution in [0.25, 0.3) is 38.5 Å². The molecular weight excluding hydrogens is 314 g/mol. The van der Waals surface area contributed by atoms with Gasteiger partial charge in [-0.2, -0.15) is 0 Å². The minimum atomic E-state index is 0.782. The second kappa shape index (κ2) is 5.12. The Kier molecular flexibility index (Phi) is 2.91. The van der Waals surface area contributed by atoms with Crippen LogP contribution in [0.5, 0.6) is 0 Å². The molecule has 0 saturated carbocycles. The van der Waals surface area contributed by atoms with Crippen molar-refractivity contribution in [2.75, 3.05) is 0 Å². The van der Waals surface area contributed by atoms with Gasteiger partial charge in [0.2, 0.25) is 0 Å². The fraction of sp³-hybridized carbons (Fsp3) is 0. The van der Waals surface area contributed by atoms with Gasteiger partial charge in [0.05, 0.1) is 5.69 Å². The van der Waals surface area contributed by atoms with Gasteiger partial charge >= 0.3 is 0 Å². The molecule has 0 N–H and O–H groups in total. The number of aromatic nitrogens is 1. The first-order valence-electron chi connectivity index (χ1n) is 7.99. The van der Waals surface area contributed by atoms with Crippen molar-refractivity contribution in [2.45, 2.75) is 0 Å². The highest BCUT2D eigenvalue weighted by atomic mass is 35.5. The Morgan fingerprint density at radius 1 is 0.667 bits per heavy atom. The molecule has 114 valence electrons. The number of nitrogens with zero attached hydrogens (tertiary/aromatic N) is 1. The molecule has 0 saturated heterocycles. The fourth-order valence-electron chi connectivity index (χ4n) is 3.56. The highest BCUT2D eigenvalue weighted by molar-refractivity contribution is 6.36. The van der Waals surface area contributed by atoms with E-state index < -0.39 is 0 Å². The number of hydrogen-bond acceptors (Lipinski definition) is 0. The summed E-state index contributed by atoms with van der Waals surface area (Å²) in [6, 6.07) is 27.4. The molecule has 0 bridgehead atoms. The zero-order valence-corrected chi connectivity index (χ0v) is 13.7. The van der Waals surface area contributed by atoms with Crippen molar-refractivity contribution in [1.82, 2.24) is 4.57 Å². The molecule has 1 aliphatic heterocycles. The van der Waals surface area contributed by atoms with Gasteiger partial charge in [-0.25, -0.2) is 0 Å². The summed E-state index contributed by atoms with van der Waals surface area (Å²) in [7, 11) is 0. The first kappa shape index (κ1) is 13.6. The molecule has 0 amide bonds. The number of fused-ring (bicyclic) bond motifs is 5. The lowest BCUT2D eigenvalue weighted by atomic mass is 10.0. The van der Waals surface area contributed by atoms with Gasteiger partial charge in [0.25, 0.3) is 0 Å². The predicted molar refractivity (Wildman–Crippen MR) is 102 cm³/mol. The second-order valence-electron chi connectivity index (χ2n) is 6.03. The van der Waals surface area contributed by atoms with Crippen LogP contribution in [0.1, 0.15) is 0 Å². The molecule has 0 atom stereocenters. The summed E-state index contributed by atoms with van der Waals surface area (Å²) in [6.07, 6.45) is 2.15. The third-order valence-corrected chi connectivity index (χ3v) is 4.98. The summed E-state index contributed by atoms with van der Waals surface area (Å²) in [5.41, 5.74) is 3.60. The lowest BCUT2D eigenvalue weighted by Crippen LogP contribution is -2.00. The van der Waals surface area contributed by atoms with Gasteiger partial charge in [-0.1, -0.05) is 66.2 Å². The third kappa shape index (κ3) is 1.88. The second-order valence-corrected chi connectivity index (χ2v) is 6.44. The Bertz CT molecular complexity index is 1150. The Morgan fingerprint density at radius 2 is 1.42 bits per heavy atom. The summed E-state index contributed by atoms with van der Waals surface area (Å²) in [4.78, 5) is 0. The quantitative estimate of drug-likeness (QED) is 0.329. The van der Waals surface area contributed by atoms with Crippen molar-refractivity contribution in [3.8, 4) is 16.9 Å². The molecule has 5 rings (SSSR count). The smallest absolute Gasteiger partial charge is 0.0612 e. The van der Waals surface area contributed by atoms with Gasteiger partial charge in [-0.15, -0.1) is 0 Å². The van der Waals surface area contributed by atoms with Crippen molar-refractivity contribution in [3.63, 3.8) is 0 Å². The number of para-hydroxylation sites is 1. The summed E-state index contributed by atoms with van der Waals surface area (Å²) in [5, 5.41) is 5.57. The average molecular weight is 328 g/mol. The third-order valence-electron chi connectivity index (χ3n) is 4.65. The van der Waals surface area contributed by atoms with Gasteiger partial charge in [0.15, 0.2) is 0 Å². The Labute approximate surface area is 145 Å². The SMILES string of the molecule is Clc1cccc2c3cc4ccccc4c-3n(-c3ccccc3)cc12. The van der Waals surface area contributed by atoms with Crippen molar-refractivity contribution in [3.05, 3.63) is 90.1 Å². The highest BCUT2D eigenvalue weighted by Gasteiger charge is 2.18. The van der Waals surface area contributed by atoms with Crippen LogP contribution >= 0.6 is 11.6 Å². The Hall–Kier alpha value is -2.77. The maximum Gasteiger partial charge on any atom is 0.0612 e. The van der Waals surface area contributed by atoms with Crippen molar-refractivity contribution >= 4 is 33.1 Å². The predicted octanol–water partition coefficient (Wildman–Crippen LogP) is 6.54. The van der Waals surface area contributed by atoms with Gasteiger partial charge in [-0.3, -0.25) is 0 Å². The standard InChI is InChI=1S/C22H14ClN/c23-21-12-6-11-18-19-13-15-7-4-5-10-17(15)22(19)24(14-20(18)21)16-8-2-1-3-9-16/h1-14H. The van der Waals surface area contributed by atoms with Gasteiger partial charge < -0.3 is 4.57 Å². The molecule has 0 radical (unpaired) electrons. The fourth-order valence-corrected chi connectivity index (χ4v) is 3.78. The topological polar surface area (TPSA) is 4.93 Å². The molecule has 0 aromatic heterocycles. The molecule has 1 aliphatic carbocycles. The van der Waals surface area contributed by atoms with Crippen LogP contribution in [0, 0.1) is 0 Å². The first-order chi connectivity index (χ1) is 11.8. The van der Waals surface area contributed by atoms with E-state index in [1.807, 2.05) is 18.2 Å². The van der Waals surface area contributed by atoms with Crippen LogP contribution in [0.3, 0.4) is 0 Å². The van der Waals surface area contributed by atoms with Gasteiger partial charge in [0, 0.05) is 33.2 Å². The zero-order valence-electron chi connectivity index (χ0n) is 12.9. The lowest BCUT2D eigenvalue weighted by molar-refractivity contribution is 1.08. The van der Waals surface area contributed by atoms with E-state index in [4.69, 9.17) is 11.6 Å². The van der Waals surface area contributed by atoms with E-state index >= 15 is 0 Å². The van der Waals surface area contributed by atoms with Crippen LogP contribution in [0.2, 0.25) is 5.02 Å². The molecule has 0 unspecified atom stereocenters. The maximum atomic E-state index is 6.50. The van der Waals surface area contributed by atoms with Crippen molar-refractivity contribution in [1.29, 1.82) is 0 Å². The van der Waals surface area contributed by atoms with Crippen LogP contribution in [-0.2, 0) is 0 Å². The molecule has 0 spiro atoms. The normalized spacial score (nSPS) is 11.5. The molecule has 0 fully saturated rings. The molecular formula is C22H14ClN. The number of halogens is 1. The van der Waals surface area contributed by atoms with E-state index in [2.05, 4.69) is 71.4 Å². The number of hydrogen-bond donors (Lipinski definition) is 0. The van der Waals surface area contributed by atoms with Gasteiger partial charge in [-0.05, 0) is 35.0 Å². The molecule has 24 heavy (non-hydrogen) atoms. The van der Waals surface area contributed by atoms with Crippen LogP contribution < -0.4 is 0 Å². The summed E-state index contributed by atoms with van der Waals surface area (Å²) >= 11 is 6.50. The summed E-state index contributed by atoms with van der Waals surface area (Å²) in [5.74, 6) is 0. The van der Waals surface area contributed by atoms with E-state index in [-0.39, 0.29) is 0 Å². The maximum absolute atomic E-state index is 6.50. The molecule has 1 nitrogen and oxygen atoms in total. The summed E-state index contributed by atoms with van der Waals surface area (Å²) < 4.78 is 2.26. The van der Waals surface area contributed by atoms with E-state index in [1.165, 1.54) is 27.4 Å². The monoisotopic (exact) mass is 327 g/mol. The molecule has 2 aliphatic rings. The largest absolute Gasteiger partial charge is 0.315 e. The van der Waals surface area contributed by atoms with Crippen molar-refractivity contribution < 1.29 is 0 Å². The van der Waals surface area contributed by atoms with Crippen LogP contribution in [0.4, 0.5) is 0 Å². The van der Waals surface area contributed by atoms with Gasteiger partial charge in [0.1, 0.15) is 0 Å². The molecule has 3 aromatic carbocycles. The summed E-state index contributed by atoms with van der Waals surface area (Å²) in [6.45, 7) is 0. The zero-order chi connectivity index (χ0) is 16.1. The molecule has 3 aromatic rings. The van der Waals surface area contributed by atoms with E-state index in [1.54, 1.807) is 0 Å². The van der Waals surface area contributed by atoms with E-state index in [9.17, 15) is 0 Å². The van der Waals surface area contributed by atoms with E-state index in [0.717, 1.165) is 16.1 Å². The minimum absolute atomic E-state index is 0.782. The van der Waals surface area contributed by atoms with Crippen LogP contribution in [-0.4, -0.2) is 4.57 Å². The molecule has 2 heteroatoms. The van der Waals surface area contributed by atoms with Crippen molar-refractivity contribution in [2.24, 2.45) is 0 Å². The van der Waals surface area contributed by atoms with Crippen LogP contribution in [0.15, 0.2) is 85.1 Å². The molecule has 1 heterocycles. The first-order valence-corrected chi connectivity index (χ1v) is 8.37. The highest BCUT2D eigenvalue weighted by Crippen LogP contribution is 2.41. The average Bonchev–Trinajstić information content (AvgIpc) is 3.02. The minimum Gasteiger partial charge on any atom is -0.315 e. The Morgan fingerprint density at radius 3 is 2.29 bits per heavy atom. The number of pyridine rings is 1. The Balaban J connectivity index is 2.04.